The van der Waals surface area contributed by atoms with E-state index in [-0.39, 0.29) is 33.6 Å². The number of nitro benzene ring substituents is 1. The highest BCUT2D eigenvalue weighted by atomic mass is 79.9. The molecule has 0 aliphatic carbocycles. The second-order valence-electron chi connectivity index (χ2n) is 8.94. The minimum Gasteiger partial charge on any atom is -0.482 e. The summed E-state index contributed by atoms with van der Waals surface area (Å²) in [6, 6.07) is 23.7. The number of thioether (sulfide) groups is 1. The van der Waals surface area contributed by atoms with Crippen molar-refractivity contribution in [3.05, 3.63) is 126 Å². The number of rotatable bonds is 8. The lowest BCUT2D eigenvalue weighted by Gasteiger charge is -2.19. The molecule has 1 N–H and O–H groups in total. The number of amides is 1. The lowest BCUT2D eigenvalue weighted by Crippen LogP contribution is -2.17. The summed E-state index contributed by atoms with van der Waals surface area (Å²) in [5, 5.41) is 14.5. The van der Waals surface area contributed by atoms with Gasteiger partial charge in [-0.05, 0) is 59.2 Å². The van der Waals surface area contributed by atoms with Gasteiger partial charge >= 0.3 is 5.69 Å². The Bertz CT molecular complexity index is 1790. The minimum atomic E-state index is -3.72. The summed E-state index contributed by atoms with van der Waals surface area (Å²) in [5.41, 5.74) is 2.14. The molecule has 0 radical (unpaired) electrons. The molecule has 0 saturated heterocycles. The van der Waals surface area contributed by atoms with Crippen molar-refractivity contribution in [3.8, 4) is 5.75 Å². The number of nitrogens with one attached hydrogen (secondary N) is 1. The SMILES string of the molecule is O=C1Nc2ccc(S(=O)(=O)Cc3c(Br)cccc3Br)cc2SC1=Cc1ccc(OCc2ccccc2)c([N+](=O)[O-])c1. The number of halogens is 2. The van der Waals surface area contributed by atoms with E-state index in [9.17, 15) is 23.3 Å². The predicted octanol–water partition coefficient (Wildman–Crippen LogP) is 7.76. The predicted molar refractivity (Wildman–Crippen MR) is 166 cm³/mol. The van der Waals surface area contributed by atoms with Crippen LogP contribution in [0.2, 0.25) is 0 Å². The Labute approximate surface area is 257 Å². The number of benzene rings is 4. The fourth-order valence-electron chi connectivity index (χ4n) is 4.05. The molecule has 1 amide bonds. The van der Waals surface area contributed by atoms with Gasteiger partial charge in [0, 0.05) is 19.9 Å². The van der Waals surface area contributed by atoms with E-state index in [2.05, 4.69) is 37.2 Å². The molecule has 1 aliphatic rings. The van der Waals surface area contributed by atoms with E-state index in [0.717, 1.165) is 17.3 Å². The van der Waals surface area contributed by atoms with Crippen LogP contribution < -0.4 is 10.1 Å². The van der Waals surface area contributed by atoms with E-state index < -0.39 is 20.7 Å². The molecule has 1 aliphatic heterocycles. The standard InChI is InChI=1S/C29H20Br2N2O6S2/c30-22-7-4-8-23(31)21(22)17-41(37,38)20-10-11-24-27(15-20)40-28(29(34)32-24)14-19-9-12-26(25(13-19)33(35)36)39-16-18-5-2-1-3-6-18/h1-15H,16-17H2,(H,32,34). The van der Waals surface area contributed by atoms with Crippen molar-refractivity contribution in [1.82, 2.24) is 0 Å². The third-order valence-corrected chi connectivity index (χ3v) is 10.3. The molecule has 4 aromatic rings. The van der Waals surface area contributed by atoms with Gasteiger partial charge in [-0.15, -0.1) is 0 Å². The summed E-state index contributed by atoms with van der Waals surface area (Å²) < 4.78 is 33.6. The monoisotopic (exact) mass is 714 g/mol. The van der Waals surface area contributed by atoms with Gasteiger partial charge in [-0.25, -0.2) is 8.42 Å². The van der Waals surface area contributed by atoms with Crippen LogP contribution in [-0.2, 0) is 27.0 Å². The maximum absolute atomic E-state index is 13.3. The van der Waals surface area contributed by atoms with Gasteiger partial charge in [0.1, 0.15) is 6.61 Å². The van der Waals surface area contributed by atoms with Crippen LogP contribution in [0.4, 0.5) is 11.4 Å². The Morgan fingerprint density at radius 2 is 1.68 bits per heavy atom. The fourth-order valence-corrected chi connectivity index (χ4v) is 8.19. The number of nitrogens with zero attached hydrogens (tertiary/aromatic N) is 1. The summed E-state index contributed by atoms with van der Waals surface area (Å²) in [4.78, 5) is 25.0. The molecular weight excluding hydrogens is 696 g/mol. The summed E-state index contributed by atoms with van der Waals surface area (Å²) in [7, 11) is -3.72. The third-order valence-electron chi connectivity index (χ3n) is 6.11. The van der Waals surface area contributed by atoms with Crippen molar-refractivity contribution >= 4 is 76.8 Å². The molecule has 41 heavy (non-hydrogen) atoms. The Balaban J connectivity index is 1.40. The number of hydrogen-bond acceptors (Lipinski definition) is 7. The van der Waals surface area contributed by atoms with Crippen molar-refractivity contribution in [2.24, 2.45) is 0 Å². The van der Waals surface area contributed by atoms with Crippen LogP contribution in [0.1, 0.15) is 16.7 Å². The van der Waals surface area contributed by atoms with Crippen LogP contribution >= 0.6 is 43.6 Å². The lowest BCUT2D eigenvalue weighted by molar-refractivity contribution is -0.386. The molecule has 0 aromatic heterocycles. The molecule has 0 unspecified atom stereocenters. The van der Waals surface area contributed by atoms with Crippen molar-refractivity contribution in [3.63, 3.8) is 0 Å². The molecular formula is C29H20Br2N2O6S2. The van der Waals surface area contributed by atoms with Gasteiger partial charge in [0.25, 0.3) is 5.91 Å². The maximum atomic E-state index is 13.3. The van der Waals surface area contributed by atoms with Crippen molar-refractivity contribution in [1.29, 1.82) is 0 Å². The molecule has 208 valence electrons. The summed E-state index contributed by atoms with van der Waals surface area (Å²) in [5.74, 6) is -0.517. The molecule has 0 fully saturated rings. The molecule has 0 saturated carbocycles. The number of carbonyl (C=O) groups excluding carboxylic acids is 1. The van der Waals surface area contributed by atoms with Crippen LogP contribution in [0.5, 0.6) is 5.75 Å². The molecule has 0 spiro atoms. The third kappa shape index (κ3) is 6.72. The number of sulfone groups is 1. The molecule has 1 heterocycles. The average molecular weight is 716 g/mol. The van der Waals surface area contributed by atoms with Crippen LogP contribution in [0.3, 0.4) is 0 Å². The normalized spacial score (nSPS) is 13.9. The van der Waals surface area contributed by atoms with Gasteiger partial charge in [-0.2, -0.15) is 0 Å². The first kappa shape index (κ1) is 29.1. The van der Waals surface area contributed by atoms with Gasteiger partial charge in [-0.3, -0.25) is 14.9 Å². The van der Waals surface area contributed by atoms with Crippen LogP contribution in [0, 0.1) is 10.1 Å². The quantitative estimate of drug-likeness (QED) is 0.113. The summed E-state index contributed by atoms with van der Waals surface area (Å²) in [6.45, 7) is 0.167. The highest BCUT2D eigenvalue weighted by molar-refractivity contribution is 9.11. The second-order valence-corrected chi connectivity index (χ2v) is 13.7. The molecule has 4 aromatic carbocycles. The smallest absolute Gasteiger partial charge is 0.311 e. The molecule has 0 atom stereocenters. The molecule has 0 bridgehead atoms. The topological polar surface area (TPSA) is 116 Å². The Kier molecular flexibility index (Phi) is 8.64. The van der Waals surface area contributed by atoms with Crippen LogP contribution in [0.15, 0.2) is 109 Å². The largest absolute Gasteiger partial charge is 0.482 e. The zero-order valence-corrected chi connectivity index (χ0v) is 25.8. The second kappa shape index (κ2) is 12.2. The lowest BCUT2D eigenvalue weighted by atomic mass is 10.1. The highest BCUT2D eigenvalue weighted by Crippen LogP contribution is 2.41. The number of anilines is 1. The Morgan fingerprint density at radius 3 is 2.39 bits per heavy atom. The summed E-state index contributed by atoms with van der Waals surface area (Å²) in [6.07, 6.45) is 1.52. The fraction of sp³-hybridized carbons (Fsp3) is 0.0690. The van der Waals surface area contributed by atoms with E-state index in [4.69, 9.17) is 4.74 Å². The van der Waals surface area contributed by atoms with E-state index in [0.29, 0.717) is 30.7 Å². The van der Waals surface area contributed by atoms with Gasteiger partial charge < -0.3 is 10.1 Å². The van der Waals surface area contributed by atoms with Gasteiger partial charge in [0.15, 0.2) is 15.6 Å². The first-order valence-corrected chi connectivity index (χ1v) is 16.1. The van der Waals surface area contributed by atoms with Gasteiger partial charge in [-0.1, -0.05) is 86.1 Å². The van der Waals surface area contributed by atoms with Gasteiger partial charge in [0.2, 0.25) is 0 Å². The number of carbonyl (C=O) groups is 1. The Morgan fingerprint density at radius 1 is 0.951 bits per heavy atom. The maximum Gasteiger partial charge on any atom is 0.311 e. The number of nitro groups is 1. The molecule has 5 rings (SSSR count). The zero-order chi connectivity index (χ0) is 29.1. The van der Waals surface area contributed by atoms with Crippen LogP contribution in [-0.4, -0.2) is 19.2 Å². The van der Waals surface area contributed by atoms with E-state index in [1.807, 2.05) is 30.3 Å². The van der Waals surface area contributed by atoms with E-state index in [1.54, 1.807) is 30.3 Å². The van der Waals surface area contributed by atoms with Crippen molar-refractivity contribution in [2.75, 3.05) is 5.32 Å². The van der Waals surface area contributed by atoms with Gasteiger partial charge in [0.05, 0.1) is 26.2 Å². The first-order valence-electron chi connectivity index (χ1n) is 12.1. The van der Waals surface area contributed by atoms with Crippen molar-refractivity contribution in [2.45, 2.75) is 22.2 Å². The molecule has 8 nitrogen and oxygen atoms in total. The summed E-state index contributed by atoms with van der Waals surface area (Å²) >= 11 is 7.92. The first-order chi connectivity index (χ1) is 19.6. The number of hydrogen-bond donors (Lipinski definition) is 1. The van der Waals surface area contributed by atoms with E-state index >= 15 is 0 Å². The number of fused-ring (bicyclic) bond motifs is 1. The number of ether oxygens (including phenoxy) is 1. The zero-order valence-electron chi connectivity index (χ0n) is 21.0. The van der Waals surface area contributed by atoms with Crippen LogP contribution in [0.25, 0.3) is 6.08 Å². The van der Waals surface area contributed by atoms with Crippen molar-refractivity contribution < 1.29 is 22.9 Å². The molecule has 12 heteroatoms. The highest BCUT2D eigenvalue weighted by Gasteiger charge is 2.26. The minimum absolute atomic E-state index is 0.109. The Hall–Kier alpha value is -3.45. The van der Waals surface area contributed by atoms with E-state index in [1.165, 1.54) is 30.3 Å². The average Bonchev–Trinajstić information content (AvgIpc) is 2.95.